The molecule has 174 valence electrons. The summed E-state index contributed by atoms with van der Waals surface area (Å²) < 4.78 is 11.5. The van der Waals surface area contributed by atoms with Crippen LogP contribution in [0.15, 0.2) is 66.7 Å². The fraction of sp³-hybridized carbons (Fsp3) is 0.259. The Labute approximate surface area is 198 Å². The zero-order valence-electron chi connectivity index (χ0n) is 19.4. The Bertz CT molecular complexity index is 1260. The van der Waals surface area contributed by atoms with Crippen LogP contribution in [0.5, 0.6) is 11.5 Å². The Kier molecular flexibility index (Phi) is 5.40. The molecule has 0 unspecified atom stereocenters. The molecule has 0 aliphatic carbocycles. The molecule has 3 aromatic rings. The van der Waals surface area contributed by atoms with Gasteiger partial charge in [-0.3, -0.25) is 9.69 Å². The number of aryl methyl sites for hydroxylation is 1. The van der Waals surface area contributed by atoms with Crippen molar-refractivity contribution in [2.24, 2.45) is 0 Å². The van der Waals surface area contributed by atoms with Gasteiger partial charge in [0.2, 0.25) is 0 Å². The molecule has 2 bridgehead atoms. The van der Waals surface area contributed by atoms with Gasteiger partial charge in [0.1, 0.15) is 11.5 Å². The zero-order valence-corrected chi connectivity index (χ0v) is 19.4. The van der Waals surface area contributed by atoms with Crippen LogP contribution in [0.2, 0.25) is 0 Å². The van der Waals surface area contributed by atoms with Crippen molar-refractivity contribution in [3.63, 3.8) is 0 Å². The third-order valence-corrected chi connectivity index (χ3v) is 6.41. The average molecular weight is 458 g/mol. The van der Waals surface area contributed by atoms with E-state index in [1.807, 2.05) is 56.3 Å². The molecule has 0 radical (unpaired) electrons. The number of carbonyl (C=O) groups excluding carboxylic acids is 2. The van der Waals surface area contributed by atoms with Crippen molar-refractivity contribution >= 4 is 17.6 Å². The van der Waals surface area contributed by atoms with E-state index in [0.29, 0.717) is 24.2 Å². The smallest absolute Gasteiger partial charge is 0.325 e. The summed E-state index contributed by atoms with van der Waals surface area (Å²) in [5, 5.41) is 6.04. The van der Waals surface area contributed by atoms with E-state index in [4.69, 9.17) is 9.47 Å². The van der Waals surface area contributed by atoms with Gasteiger partial charge in [0.05, 0.1) is 18.8 Å². The molecule has 1 fully saturated rings. The summed E-state index contributed by atoms with van der Waals surface area (Å²) >= 11 is 0. The Morgan fingerprint density at radius 2 is 1.97 bits per heavy atom. The molecule has 2 aliphatic heterocycles. The molecule has 5 rings (SSSR count). The minimum absolute atomic E-state index is 0.117. The number of benzene rings is 3. The monoisotopic (exact) mass is 457 g/mol. The summed E-state index contributed by atoms with van der Waals surface area (Å²) in [5.74, 6) is 1.31. The van der Waals surface area contributed by atoms with Crippen molar-refractivity contribution in [1.29, 1.82) is 0 Å². The number of methoxy groups -OCH3 is 1. The highest BCUT2D eigenvalue weighted by Crippen LogP contribution is 2.45. The van der Waals surface area contributed by atoms with Gasteiger partial charge in [-0.1, -0.05) is 35.9 Å². The van der Waals surface area contributed by atoms with Gasteiger partial charge in [0, 0.05) is 24.1 Å². The number of carbonyl (C=O) groups is 2. The van der Waals surface area contributed by atoms with E-state index in [1.54, 1.807) is 30.2 Å². The summed E-state index contributed by atoms with van der Waals surface area (Å²) in [6, 6.07) is 20.2. The molecule has 7 heteroatoms. The first-order valence-electron chi connectivity index (χ1n) is 11.3. The fourth-order valence-corrected chi connectivity index (χ4v) is 4.70. The average Bonchev–Trinajstić information content (AvgIpc) is 2.83. The quantitative estimate of drug-likeness (QED) is 0.582. The lowest BCUT2D eigenvalue weighted by Crippen LogP contribution is -2.65. The molecule has 1 saturated heterocycles. The van der Waals surface area contributed by atoms with Crippen molar-refractivity contribution in [3.05, 3.63) is 89.0 Å². The van der Waals surface area contributed by atoms with E-state index in [1.165, 1.54) is 0 Å². The summed E-state index contributed by atoms with van der Waals surface area (Å²) in [5.41, 5.74) is 3.28. The number of hydrogen-bond acceptors (Lipinski definition) is 4. The number of nitrogens with one attached hydrogen (secondary N) is 2. The lowest BCUT2D eigenvalue weighted by atomic mass is 9.89. The van der Waals surface area contributed by atoms with Crippen LogP contribution in [-0.2, 0) is 6.54 Å². The predicted molar refractivity (Wildman–Crippen MR) is 129 cm³/mol. The Balaban J connectivity index is 1.36. The Hall–Kier alpha value is -4.00. The minimum Gasteiger partial charge on any atom is -0.497 e. The number of anilines is 1. The van der Waals surface area contributed by atoms with Crippen LogP contribution in [0.25, 0.3) is 0 Å². The van der Waals surface area contributed by atoms with E-state index < -0.39 is 5.72 Å². The van der Waals surface area contributed by atoms with Gasteiger partial charge in [0.25, 0.3) is 5.91 Å². The van der Waals surface area contributed by atoms with Crippen molar-refractivity contribution in [2.75, 3.05) is 12.0 Å². The first-order chi connectivity index (χ1) is 16.4. The number of urea groups is 1. The van der Waals surface area contributed by atoms with Crippen LogP contribution >= 0.6 is 0 Å². The molecule has 34 heavy (non-hydrogen) atoms. The second kappa shape index (κ2) is 8.41. The fourth-order valence-electron chi connectivity index (χ4n) is 4.70. The maximum atomic E-state index is 13.2. The third-order valence-electron chi connectivity index (χ3n) is 6.41. The third kappa shape index (κ3) is 3.94. The van der Waals surface area contributed by atoms with E-state index in [-0.39, 0.29) is 18.0 Å². The second-order valence-electron chi connectivity index (χ2n) is 8.94. The number of rotatable bonds is 5. The van der Waals surface area contributed by atoms with Crippen LogP contribution < -0.4 is 25.0 Å². The maximum Gasteiger partial charge on any atom is 0.325 e. The molecule has 2 N–H and O–H groups in total. The van der Waals surface area contributed by atoms with Gasteiger partial charge in [-0.2, -0.15) is 0 Å². The molecule has 3 aromatic carbocycles. The zero-order chi connectivity index (χ0) is 23.9. The molecular formula is C27H27N3O4. The van der Waals surface area contributed by atoms with Gasteiger partial charge in [0.15, 0.2) is 5.72 Å². The number of ether oxygens (including phenoxy) is 2. The van der Waals surface area contributed by atoms with Gasteiger partial charge < -0.3 is 20.1 Å². The summed E-state index contributed by atoms with van der Waals surface area (Å²) in [6.45, 7) is 4.32. The standard InChI is InChI=1S/C27H27N3O4/c1-17-7-12-24-22(13-17)23-15-27(2,34-24)30(26(32)29-23)20-6-4-5-19(14-20)25(31)28-16-18-8-10-21(33-3)11-9-18/h4-14,23H,15-16H2,1-3H3,(H,28,31)(H,29,32)/t23-,27+/m0/s1. The van der Waals surface area contributed by atoms with Crippen LogP contribution in [0, 0.1) is 6.92 Å². The van der Waals surface area contributed by atoms with E-state index in [0.717, 1.165) is 28.2 Å². The first-order valence-corrected chi connectivity index (χ1v) is 11.3. The molecule has 2 atom stereocenters. The Morgan fingerprint density at radius 3 is 2.74 bits per heavy atom. The summed E-state index contributed by atoms with van der Waals surface area (Å²) in [7, 11) is 1.62. The lowest BCUT2D eigenvalue weighted by molar-refractivity contribution is 0.0378. The van der Waals surface area contributed by atoms with Gasteiger partial charge in [-0.05, 0) is 55.8 Å². The first kappa shape index (κ1) is 21.8. The molecular weight excluding hydrogens is 430 g/mol. The van der Waals surface area contributed by atoms with Crippen LogP contribution in [0.4, 0.5) is 10.5 Å². The molecule has 3 amide bonds. The maximum absolute atomic E-state index is 13.2. The largest absolute Gasteiger partial charge is 0.497 e. The van der Waals surface area contributed by atoms with Crippen LogP contribution in [0.1, 0.15) is 46.4 Å². The van der Waals surface area contributed by atoms with Gasteiger partial charge >= 0.3 is 6.03 Å². The van der Waals surface area contributed by atoms with Crippen molar-refractivity contribution < 1.29 is 19.1 Å². The predicted octanol–water partition coefficient (Wildman–Crippen LogP) is 4.70. The number of nitrogens with zero attached hydrogens (tertiary/aromatic N) is 1. The minimum atomic E-state index is -0.868. The molecule has 7 nitrogen and oxygen atoms in total. The molecule has 0 saturated carbocycles. The van der Waals surface area contributed by atoms with E-state index in [2.05, 4.69) is 16.7 Å². The Morgan fingerprint density at radius 1 is 1.18 bits per heavy atom. The molecule has 0 aromatic heterocycles. The van der Waals surface area contributed by atoms with Crippen molar-refractivity contribution in [2.45, 2.75) is 38.6 Å². The molecule has 2 heterocycles. The summed E-state index contributed by atoms with van der Waals surface area (Å²) in [4.78, 5) is 27.6. The number of hydrogen-bond donors (Lipinski definition) is 2. The highest BCUT2D eigenvalue weighted by molar-refractivity contribution is 5.99. The number of fused-ring (bicyclic) bond motifs is 4. The highest BCUT2D eigenvalue weighted by atomic mass is 16.5. The molecule has 2 aliphatic rings. The van der Waals surface area contributed by atoms with Crippen molar-refractivity contribution in [1.82, 2.24) is 10.6 Å². The number of amides is 3. The highest BCUT2D eigenvalue weighted by Gasteiger charge is 2.49. The van der Waals surface area contributed by atoms with Crippen molar-refractivity contribution in [3.8, 4) is 11.5 Å². The van der Waals surface area contributed by atoms with Gasteiger partial charge in [-0.25, -0.2) is 4.79 Å². The second-order valence-corrected chi connectivity index (χ2v) is 8.94. The normalized spacial score (nSPS) is 20.6. The topological polar surface area (TPSA) is 79.9 Å². The lowest BCUT2D eigenvalue weighted by Gasteiger charge is -2.50. The van der Waals surface area contributed by atoms with Crippen LogP contribution in [0.3, 0.4) is 0 Å². The van der Waals surface area contributed by atoms with Crippen LogP contribution in [-0.4, -0.2) is 24.8 Å². The van der Waals surface area contributed by atoms with Gasteiger partial charge in [-0.15, -0.1) is 0 Å². The summed E-state index contributed by atoms with van der Waals surface area (Å²) in [6.07, 6.45) is 0.600. The van der Waals surface area contributed by atoms with E-state index in [9.17, 15) is 9.59 Å². The van der Waals surface area contributed by atoms with E-state index >= 15 is 0 Å². The molecule has 0 spiro atoms. The SMILES string of the molecule is COc1ccc(CNC(=O)c2cccc(N3C(=O)N[C@H]4C[C@@]3(C)Oc3ccc(C)cc34)c2)cc1.